The molecule has 0 aliphatic carbocycles. The van der Waals surface area contributed by atoms with Crippen molar-refractivity contribution in [3.8, 4) is 5.75 Å². The van der Waals surface area contributed by atoms with Crippen LogP contribution in [0.25, 0.3) is 11.6 Å². The zero-order valence-electron chi connectivity index (χ0n) is 15.8. The van der Waals surface area contributed by atoms with E-state index < -0.39 is 23.7 Å². The first kappa shape index (κ1) is 21.4. The first-order valence-corrected chi connectivity index (χ1v) is 8.61. The maximum atomic E-state index is 14.1. The van der Waals surface area contributed by atoms with E-state index in [1.54, 1.807) is 13.0 Å². The maximum absolute atomic E-state index is 14.1. The van der Waals surface area contributed by atoms with Crippen molar-refractivity contribution in [3.63, 3.8) is 0 Å². The number of allylic oxidation sites excluding steroid dienone is 1. The minimum absolute atomic E-state index is 0.192. The molecule has 0 aliphatic heterocycles. The largest absolute Gasteiger partial charge is 0.573 e. The normalized spacial score (nSPS) is 14.5. The molecule has 158 valence electrons. The van der Waals surface area contributed by atoms with E-state index >= 15 is 0 Å². The second-order valence-electron chi connectivity index (χ2n) is 6.64. The Balaban J connectivity index is 1.82. The quantitative estimate of drug-likeness (QED) is 0.601. The minimum Gasteiger partial charge on any atom is -0.406 e. The Morgan fingerprint density at radius 1 is 1.10 bits per heavy atom. The SMILES string of the molecule is CC(=Cc1ccc(OC(F)(F)F)cc1)c1cn(C(C)(O)c2ccc(F)cc2F)nn1. The van der Waals surface area contributed by atoms with Gasteiger partial charge in [-0.15, -0.1) is 18.3 Å². The molecule has 0 radical (unpaired) electrons. The lowest BCUT2D eigenvalue weighted by molar-refractivity contribution is -0.274. The van der Waals surface area contributed by atoms with Crippen molar-refractivity contribution in [2.45, 2.75) is 25.9 Å². The molecule has 0 saturated carbocycles. The average Bonchev–Trinajstić information content (AvgIpc) is 3.13. The van der Waals surface area contributed by atoms with Crippen LogP contribution in [0.1, 0.15) is 30.7 Å². The van der Waals surface area contributed by atoms with Gasteiger partial charge in [0.1, 0.15) is 23.1 Å². The molecule has 5 nitrogen and oxygen atoms in total. The van der Waals surface area contributed by atoms with Crippen molar-refractivity contribution < 1.29 is 31.8 Å². The van der Waals surface area contributed by atoms with Gasteiger partial charge in [-0.3, -0.25) is 0 Å². The van der Waals surface area contributed by atoms with E-state index in [1.807, 2.05) is 0 Å². The fourth-order valence-electron chi connectivity index (χ4n) is 2.74. The van der Waals surface area contributed by atoms with Crippen LogP contribution in [0.15, 0.2) is 48.7 Å². The molecule has 30 heavy (non-hydrogen) atoms. The summed E-state index contributed by atoms with van der Waals surface area (Å²) in [5, 5.41) is 18.5. The lowest BCUT2D eigenvalue weighted by Gasteiger charge is -2.24. The highest BCUT2D eigenvalue weighted by atomic mass is 19.4. The number of aliphatic hydroxyl groups is 1. The summed E-state index contributed by atoms with van der Waals surface area (Å²) in [6.07, 6.45) is -1.76. The van der Waals surface area contributed by atoms with Gasteiger partial charge in [-0.2, -0.15) is 0 Å². The molecule has 1 unspecified atom stereocenters. The third-order valence-corrected chi connectivity index (χ3v) is 4.28. The molecule has 0 aliphatic rings. The monoisotopic (exact) mass is 425 g/mol. The Hall–Kier alpha value is -3.27. The van der Waals surface area contributed by atoms with Gasteiger partial charge in [0, 0.05) is 11.6 Å². The predicted octanol–water partition coefficient (Wildman–Crippen LogP) is 4.73. The number of alkyl halides is 3. The second-order valence-corrected chi connectivity index (χ2v) is 6.64. The van der Waals surface area contributed by atoms with Crippen molar-refractivity contribution in [2.75, 3.05) is 0 Å². The Morgan fingerprint density at radius 3 is 2.37 bits per heavy atom. The smallest absolute Gasteiger partial charge is 0.406 e. The molecular formula is C20H16F5N3O2. The van der Waals surface area contributed by atoms with Gasteiger partial charge in [0.05, 0.1) is 6.20 Å². The van der Waals surface area contributed by atoms with Gasteiger partial charge in [0.2, 0.25) is 0 Å². The van der Waals surface area contributed by atoms with E-state index in [0.29, 0.717) is 22.9 Å². The number of halogens is 5. The Labute approximate surface area is 168 Å². The summed E-state index contributed by atoms with van der Waals surface area (Å²) in [7, 11) is 0. The molecular weight excluding hydrogens is 409 g/mol. The van der Waals surface area contributed by atoms with Crippen LogP contribution in [0.5, 0.6) is 5.75 Å². The van der Waals surface area contributed by atoms with E-state index in [0.717, 1.165) is 16.8 Å². The lowest BCUT2D eigenvalue weighted by atomic mass is 10.0. The van der Waals surface area contributed by atoms with Crippen LogP contribution in [0, 0.1) is 11.6 Å². The van der Waals surface area contributed by atoms with Crippen LogP contribution >= 0.6 is 0 Å². The van der Waals surface area contributed by atoms with E-state index in [9.17, 15) is 27.1 Å². The molecule has 0 saturated heterocycles. The summed E-state index contributed by atoms with van der Waals surface area (Å²) in [6, 6.07) is 7.98. The summed E-state index contributed by atoms with van der Waals surface area (Å²) in [4.78, 5) is 0. The van der Waals surface area contributed by atoms with Gasteiger partial charge in [-0.25, -0.2) is 13.5 Å². The predicted molar refractivity (Wildman–Crippen MR) is 98.0 cm³/mol. The van der Waals surface area contributed by atoms with Crippen LogP contribution in [0.4, 0.5) is 22.0 Å². The molecule has 0 bridgehead atoms. The minimum atomic E-state index is -4.77. The highest BCUT2D eigenvalue weighted by molar-refractivity contribution is 5.78. The van der Waals surface area contributed by atoms with Crippen LogP contribution in [-0.2, 0) is 5.72 Å². The molecule has 3 rings (SSSR count). The number of rotatable bonds is 5. The fourth-order valence-corrected chi connectivity index (χ4v) is 2.74. The summed E-state index contributed by atoms with van der Waals surface area (Å²) in [5.41, 5.74) is -0.621. The van der Waals surface area contributed by atoms with Crippen molar-refractivity contribution in [1.29, 1.82) is 0 Å². The molecule has 3 aromatic rings. The van der Waals surface area contributed by atoms with E-state index in [-0.39, 0.29) is 11.3 Å². The second kappa shape index (κ2) is 7.86. The molecule has 1 N–H and O–H groups in total. The van der Waals surface area contributed by atoms with Gasteiger partial charge in [-0.1, -0.05) is 17.3 Å². The maximum Gasteiger partial charge on any atom is 0.573 e. The van der Waals surface area contributed by atoms with Crippen LogP contribution in [-0.4, -0.2) is 26.5 Å². The zero-order chi connectivity index (χ0) is 22.1. The number of aromatic nitrogens is 3. The van der Waals surface area contributed by atoms with Crippen LogP contribution in [0.2, 0.25) is 0 Å². The molecule has 2 aromatic carbocycles. The number of hydrogen-bond donors (Lipinski definition) is 1. The van der Waals surface area contributed by atoms with E-state index in [1.165, 1.54) is 37.4 Å². The summed E-state index contributed by atoms with van der Waals surface area (Å²) < 4.78 is 68.7. The number of ether oxygens (including phenoxy) is 1. The van der Waals surface area contributed by atoms with E-state index in [2.05, 4.69) is 15.0 Å². The highest BCUT2D eigenvalue weighted by Crippen LogP contribution is 2.27. The lowest BCUT2D eigenvalue weighted by Crippen LogP contribution is -2.32. The summed E-state index contributed by atoms with van der Waals surface area (Å²) in [6.45, 7) is 2.96. The molecule has 0 fully saturated rings. The molecule has 10 heteroatoms. The van der Waals surface area contributed by atoms with E-state index in [4.69, 9.17) is 0 Å². The molecule has 0 spiro atoms. The van der Waals surface area contributed by atoms with Crippen molar-refractivity contribution in [1.82, 2.24) is 15.0 Å². The molecule has 0 amide bonds. The third kappa shape index (κ3) is 4.82. The molecule has 1 heterocycles. The molecule has 1 aromatic heterocycles. The first-order chi connectivity index (χ1) is 14.0. The van der Waals surface area contributed by atoms with Gasteiger partial charge in [-0.05, 0) is 55.3 Å². The topological polar surface area (TPSA) is 60.2 Å². The number of benzene rings is 2. The van der Waals surface area contributed by atoms with Crippen molar-refractivity contribution in [3.05, 3.63) is 77.1 Å². The van der Waals surface area contributed by atoms with Gasteiger partial charge in [0.25, 0.3) is 0 Å². The first-order valence-electron chi connectivity index (χ1n) is 8.61. The Bertz CT molecular complexity index is 1070. The van der Waals surface area contributed by atoms with Gasteiger partial charge < -0.3 is 9.84 Å². The highest BCUT2D eigenvalue weighted by Gasteiger charge is 2.31. The van der Waals surface area contributed by atoms with Gasteiger partial charge >= 0.3 is 6.36 Å². The van der Waals surface area contributed by atoms with Crippen molar-refractivity contribution >= 4 is 11.6 Å². The molecule has 1 atom stereocenters. The third-order valence-electron chi connectivity index (χ3n) is 4.28. The van der Waals surface area contributed by atoms with Gasteiger partial charge in [0.15, 0.2) is 5.72 Å². The number of nitrogens with zero attached hydrogens (tertiary/aromatic N) is 3. The Morgan fingerprint density at radius 2 is 1.77 bits per heavy atom. The fraction of sp³-hybridized carbons (Fsp3) is 0.200. The van der Waals surface area contributed by atoms with Crippen LogP contribution < -0.4 is 4.74 Å². The van der Waals surface area contributed by atoms with Crippen LogP contribution in [0.3, 0.4) is 0 Å². The Kier molecular flexibility index (Phi) is 5.62. The summed E-state index contributed by atoms with van der Waals surface area (Å²) in [5.74, 6) is -2.07. The standard InChI is InChI=1S/C20H16F5N3O2/c1-12(9-13-3-6-15(7-4-13)30-20(23,24)25)18-11-28(27-26-18)19(2,29)16-8-5-14(21)10-17(16)22/h3-11,29H,1-2H3. The summed E-state index contributed by atoms with van der Waals surface area (Å²) >= 11 is 0. The van der Waals surface area contributed by atoms with Crippen molar-refractivity contribution in [2.24, 2.45) is 0 Å². The number of hydrogen-bond acceptors (Lipinski definition) is 4. The average molecular weight is 425 g/mol. The zero-order valence-corrected chi connectivity index (χ0v) is 15.8.